The van der Waals surface area contributed by atoms with Gasteiger partial charge in [-0.25, -0.2) is 4.98 Å². The van der Waals surface area contributed by atoms with E-state index in [0.717, 1.165) is 4.60 Å². The Balaban J connectivity index is 3.26. The van der Waals surface area contributed by atoms with Crippen molar-refractivity contribution in [3.8, 4) is 0 Å². The van der Waals surface area contributed by atoms with Crippen LogP contribution in [0.5, 0.6) is 0 Å². The average molecular weight is 340 g/mol. The van der Waals surface area contributed by atoms with Crippen molar-refractivity contribution in [1.82, 2.24) is 4.98 Å². The fourth-order valence-electron chi connectivity index (χ4n) is 0.997. The molecular formula is C9H11BrIN. The van der Waals surface area contributed by atoms with E-state index in [1.54, 1.807) is 0 Å². The van der Waals surface area contributed by atoms with Crippen LogP contribution in [-0.2, 0) is 5.41 Å². The predicted octanol–water partition coefficient (Wildman–Crippen LogP) is 3.75. The Morgan fingerprint density at radius 1 is 1.42 bits per heavy atom. The number of halogens is 2. The summed E-state index contributed by atoms with van der Waals surface area (Å²) < 4.78 is 2.15. The number of nitrogens with zero attached hydrogens (tertiary/aromatic N) is 1. The maximum atomic E-state index is 4.16. The van der Waals surface area contributed by atoms with Crippen molar-refractivity contribution < 1.29 is 0 Å². The minimum Gasteiger partial charge on any atom is -0.248 e. The van der Waals surface area contributed by atoms with Gasteiger partial charge in [0.25, 0.3) is 0 Å². The maximum Gasteiger partial charge on any atom is 0.119 e. The van der Waals surface area contributed by atoms with Crippen LogP contribution in [0.3, 0.4) is 0 Å². The first-order valence-electron chi connectivity index (χ1n) is 3.73. The Labute approximate surface area is 95.2 Å². The summed E-state index contributed by atoms with van der Waals surface area (Å²) >= 11 is 5.74. The van der Waals surface area contributed by atoms with Crippen LogP contribution in [0.2, 0.25) is 0 Å². The van der Waals surface area contributed by atoms with Crippen LogP contribution in [0, 0.1) is 3.57 Å². The normalized spacial score (nSPS) is 11.8. The monoisotopic (exact) mass is 339 g/mol. The number of rotatable bonds is 0. The van der Waals surface area contributed by atoms with E-state index >= 15 is 0 Å². The fourth-order valence-corrected chi connectivity index (χ4v) is 2.46. The number of hydrogen-bond acceptors (Lipinski definition) is 1. The van der Waals surface area contributed by atoms with E-state index in [2.05, 4.69) is 70.3 Å². The summed E-state index contributed by atoms with van der Waals surface area (Å²) in [5.41, 5.74) is 1.53. The number of pyridine rings is 1. The van der Waals surface area contributed by atoms with Crippen LogP contribution < -0.4 is 0 Å². The van der Waals surface area contributed by atoms with Gasteiger partial charge in [-0.3, -0.25) is 0 Å². The van der Waals surface area contributed by atoms with Gasteiger partial charge in [0.1, 0.15) is 4.60 Å². The summed E-state index contributed by atoms with van der Waals surface area (Å²) in [6.45, 7) is 6.62. The zero-order chi connectivity index (χ0) is 9.35. The molecule has 0 aromatic carbocycles. The van der Waals surface area contributed by atoms with Gasteiger partial charge in [-0.1, -0.05) is 20.8 Å². The molecular weight excluding hydrogens is 329 g/mol. The summed E-state index contributed by atoms with van der Waals surface area (Å²) in [4.78, 5) is 4.16. The lowest BCUT2D eigenvalue weighted by atomic mass is 9.88. The van der Waals surface area contributed by atoms with Crippen molar-refractivity contribution in [3.63, 3.8) is 0 Å². The summed E-state index contributed by atoms with van der Waals surface area (Å²) in [6, 6.07) is 2.08. The largest absolute Gasteiger partial charge is 0.248 e. The van der Waals surface area contributed by atoms with E-state index in [1.807, 2.05) is 6.20 Å². The molecule has 0 atom stereocenters. The summed E-state index contributed by atoms with van der Waals surface area (Å²) in [5.74, 6) is 0. The molecule has 0 aliphatic rings. The molecule has 0 aliphatic heterocycles. The average Bonchev–Trinajstić information content (AvgIpc) is 1.92. The standard InChI is InChI=1S/C9H11BrIN/c1-9(2,3)6-4-5-12-8(10)7(6)11/h4-5H,1-3H3. The molecule has 1 rings (SSSR count). The van der Waals surface area contributed by atoms with Crippen molar-refractivity contribution in [2.45, 2.75) is 26.2 Å². The Hall–Kier alpha value is 0.360. The third-order valence-corrected chi connectivity index (χ3v) is 4.09. The van der Waals surface area contributed by atoms with Crippen molar-refractivity contribution in [2.24, 2.45) is 0 Å². The molecule has 1 aromatic rings. The van der Waals surface area contributed by atoms with E-state index in [4.69, 9.17) is 0 Å². The van der Waals surface area contributed by atoms with Crippen LogP contribution in [0.25, 0.3) is 0 Å². The zero-order valence-corrected chi connectivity index (χ0v) is 11.1. The van der Waals surface area contributed by atoms with Gasteiger partial charge in [0.15, 0.2) is 0 Å². The third-order valence-electron chi connectivity index (χ3n) is 1.65. The molecule has 0 fully saturated rings. The molecule has 12 heavy (non-hydrogen) atoms. The highest BCUT2D eigenvalue weighted by molar-refractivity contribution is 14.1. The van der Waals surface area contributed by atoms with Crippen molar-refractivity contribution in [2.75, 3.05) is 0 Å². The van der Waals surface area contributed by atoms with Gasteiger partial charge < -0.3 is 0 Å². The first-order valence-corrected chi connectivity index (χ1v) is 5.60. The molecule has 1 aromatic heterocycles. The lowest BCUT2D eigenvalue weighted by molar-refractivity contribution is 0.585. The molecule has 1 heterocycles. The molecule has 0 saturated heterocycles. The SMILES string of the molecule is CC(C)(C)c1ccnc(Br)c1I. The van der Waals surface area contributed by atoms with Crippen LogP contribution in [-0.4, -0.2) is 4.98 Å². The van der Waals surface area contributed by atoms with Crippen molar-refractivity contribution in [1.29, 1.82) is 0 Å². The lowest BCUT2D eigenvalue weighted by Crippen LogP contribution is -2.13. The second kappa shape index (κ2) is 3.62. The van der Waals surface area contributed by atoms with E-state index < -0.39 is 0 Å². The second-order valence-corrected chi connectivity index (χ2v) is 5.54. The predicted molar refractivity (Wildman–Crippen MR) is 63.4 cm³/mol. The highest BCUT2D eigenvalue weighted by Crippen LogP contribution is 2.29. The summed E-state index contributed by atoms with van der Waals surface area (Å²) in [5, 5.41) is 0. The Morgan fingerprint density at radius 3 is 2.42 bits per heavy atom. The smallest absolute Gasteiger partial charge is 0.119 e. The van der Waals surface area contributed by atoms with Crippen LogP contribution in [0.4, 0.5) is 0 Å². The quantitative estimate of drug-likeness (QED) is 0.518. The first-order chi connectivity index (χ1) is 5.43. The van der Waals surface area contributed by atoms with Gasteiger partial charge in [0.05, 0.1) is 0 Å². The molecule has 0 amide bonds. The molecule has 3 heteroatoms. The molecule has 0 unspecified atom stereocenters. The summed E-state index contributed by atoms with van der Waals surface area (Å²) in [7, 11) is 0. The van der Waals surface area contributed by atoms with Gasteiger partial charge in [-0.15, -0.1) is 0 Å². The Bertz CT molecular complexity index is 291. The van der Waals surface area contributed by atoms with Gasteiger partial charge >= 0.3 is 0 Å². The van der Waals surface area contributed by atoms with Crippen LogP contribution in [0.15, 0.2) is 16.9 Å². The topological polar surface area (TPSA) is 12.9 Å². The van der Waals surface area contributed by atoms with Gasteiger partial charge in [-0.2, -0.15) is 0 Å². The van der Waals surface area contributed by atoms with Gasteiger partial charge in [0.2, 0.25) is 0 Å². The number of aromatic nitrogens is 1. The minimum atomic E-state index is 0.196. The molecule has 0 aliphatic carbocycles. The highest BCUT2D eigenvalue weighted by atomic mass is 127. The van der Waals surface area contributed by atoms with E-state index in [0.29, 0.717) is 0 Å². The molecule has 0 saturated carbocycles. The van der Waals surface area contributed by atoms with Gasteiger partial charge in [0, 0.05) is 9.77 Å². The zero-order valence-electron chi connectivity index (χ0n) is 7.36. The minimum absolute atomic E-state index is 0.196. The highest BCUT2D eigenvalue weighted by Gasteiger charge is 2.18. The van der Waals surface area contributed by atoms with Crippen LogP contribution in [0.1, 0.15) is 26.3 Å². The Morgan fingerprint density at radius 2 is 2.00 bits per heavy atom. The fraction of sp³-hybridized carbons (Fsp3) is 0.444. The van der Waals surface area contributed by atoms with E-state index in [9.17, 15) is 0 Å². The second-order valence-electron chi connectivity index (χ2n) is 3.71. The van der Waals surface area contributed by atoms with E-state index in [1.165, 1.54) is 9.13 Å². The molecule has 66 valence electrons. The Kier molecular flexibility index (Phi) is 3.15. The summed E-state index contributed by atoms with van der Waals surface area (Å²) in [6.07, 6.45) is 1.84. The molecule has 0 bridgehead atoms. The number of hydrogen-bond donors (Lipinski definition) is 0. The molecule has 1 nitrogen and oxygen atoms in total. The molecule has 0 N–H and O–H groups in total. The first kappa shape index (κ1) is 10.4. The van der Waals surface area contributed by atoms with Crippen LogP contribution >= 0.6 is 38.5 Å². The molecule has 0 radical (unpaired) electrons. The van der Waals surface area contributed by atoms with Gasteiger partial charge in [-0.05, 0) is 55.6 Å². The van der Waals surface area contributed by atoms with Crippen molar-refractivity contribution >= 4 is 38.5 Å². The lowest BCUT2D eigenvalue weighted by Gasteiger charge is -2.20. The third kappa shape index (κ3) is 2.19. The molecule has 0 spiro atoms. The van der Waals surface area contributed by atoms with Crippen molar-refractivity contribution in [3.05, 3.63) is 26.0 Å². The van der Waals surface area contributed by atoms with E-state index in [-0.39, 0.29) is 5.41 Å². The maximum absolute atomic E-state index is 4.16.